The summed E-state index contributed by atoms with van der Waals surface area (Å²) in [5, 5.41) is 7.43. The molecule has 0 bridgehead atoms. The Morgan fingerprint density at radius 1 is 1.18 bits per heavy atom. The van der Waals surface area contributed by atoms with E-state index < -0.39 is 23.1 Å². The highest BCUT2D eigenvalue weighted by atomic mass is 31.1. The molecule has 0 aromatic carbocycles. The van der Waals surface area contributed by atoms with Crippen LogP contribution in [0.5, 0.6) is 0 Å². The predicted molar refractivity (Wildman–Crippen MR) is 89.8 cm³/mol. The van der Waals surface area contributed by atoms with Crippen molar-refractivity contribution in [3.05, 3.63) is 0 Å². The van der Waals surface area contributed by atoms with Gasteiger partial charge in [-0.05, 0) is 16.6 Å². The summed E-state index contributed by atoms with van der Waals surface area (Å²) in [5.74, 6) is -0.292. The van der Waals surface area contributed by atoms with Gasteiger partial charge < -0.3 is 4.43 Å². The molecular formula is C13H26N2O4P2Si. The molecule has 6 nitrogen and oxygen atoms in total. The van der Waals surface area contributed by atoms with Gasteiger partial charge in [0.25, 0.3) is 5.91 Å². The van der Waals surface area contributed by atoms with Gasteiger partial charge in [-0.25, -0.2) is 4.57 Å². The van der Waals surface area contributed by atoms with Gasteiger partial charge in [-0.15, -0.1) is 0 Å². The average Bonchev–Trinajstić information content (AvgIpc) is 2.42. The summed E-state index contributed by atoms with van der Waals surface area (Å²) in [4.78, 5) is 11.8. The summed E-state index contributed by atoms with van der Waals surface area (Å²) in [6.07, 6.45) is -0.754. The summed E-state index contributed by atoms with van der Waals surface area (Å²) in [7, 11) is -2.41. The topological polar surface area (TPSA) is 79.7 Å². The first-order valence-electron chi connectivity index (χ1n) is 7.56. The van der Waals surface area contributed by atoms with Crippen LogP contribution in [-0.2, 0) is 18.3 Å². The highest BCUT2D eigenvalue weighted by Crippen LogP contribution is 2.43. The number of carbonyl (C=O) groups is 1. The molecule has 1 N–H and O–H groups in total. The van der Waals surface area contributed by atoms with Crippen molar-refractivity contribution >= 4 is 31.4 Å². The Balaban J connectivity index is 2.89. The second-order valence-corrected chi connectivity index (χ2v) is 13.0. The van der Waals surface area contributed by atoms with Crippen molar-refractivity contribution in [2.45, 2.75) is 70.3 Å². The number of rotatable bonds is 9. The maximum absolute atomic E-state index is 11.8. The van der Waals surface area contributed by atoms with Crippen molar-refractivity contribution in [3.63, 3.8) is 0 Å². The molecule has 2 atom stereocenters. The van der Waals surface area contributed by atoms with Crippen LogP contribution in [0.2, 0.25) is 16.6 Å². The van der Waals surface area contributed by atoms with Crippen LogP contribution in [0.3, 0.4) is 0 Å². The Morgan fingerprint density at radius 3 is 2.05 bits per heavy atom. The molecule has 1 heterocycles. The highest BCUT2D eigenvalue weighted by molar-refractivity contribution is 7.23. The minimum Gasteiger partial charge on any atom is -0.414 e. The quantitative estimate of drug-likeness (QED) is 0.368. The Morgan fingerprint density at radius 2 is 1.68 bits per heavy atom. The fourth-order valence-corrected chi connectivity index (χ4v) is 10.0. The van der Waals surface area contributed by atoms with Crippen LogP contribution >= 0.6 is 17.2 Å². The molecule has 1 aliphatic heterocycles. The summed E-state index contributed by atoms with van der Waals surface area (Å²) >= 11 is 0. The molecule has 22 heavy (non-hydrogen) atoms. The summed E-state index contributed by atoms with van der Waals surface area (Å²) in [6.45, 7) is 13.5. The minimum atomic E-state index is -2.03. The van der Waals surface area contributed by atoms with E-state index in [2.05, 4.69) is 41.5 Å². The van der Waals surface area contributed by atoms with E-state index in [0.717, 1.165) is 0 Å². The number of hydrogen-bond acceptors (Lipinski definition) is 5. The zero-order valence-electron chi connectivity index (χ0n) is 14.1. The number of nitrogens with one attached hydrogen (secondary N) is 1. The molecule has 1 aliphatic rings. The van der Waals surface area contributed by atoms with Gasteiger partial charge in [-0.1, -0.05) is 41.5 Å². The molecule has 0 aromatic heterocycles. The van der Waals surface area contributed by atoms with Crippen molar-refractivity contribution in [2.75, 3.05) is 6.61 Å². The molecule has 0 aromatic rings. The summed E-state index contributed by atoms with van der Waals surface area (Å²) in [5.41, 5.74) is 1.34. The van der Waals surface area contributed by atoms with E-state index >= 15 is 0 Å². The number of β-lactam (4-membered cyclic amide) rings is 1. The van der Waals surface area contributed by atoms with Gasteiger partial charge in [0, 0.05) is 0 Å². The third kappa shape index (κ3) is 3.49. The SMILES string of the molecule is CC(C)[Si](OC[C@H]1[C@@H](OP=O)C(=O)N1P=N)(C(C)C)C(C)C. The van der Waals surface area contributed by atoms with Crippen LogP contribution in [0, 0.1) is 5.16 Å². The molecule has 0 radical (unpaired) electrons. The monoisotopic (exact) mass is 364 g/mol. The fourth-order valence-electron chi connectivity index (χ4n) is 3.68. The van der Waals surface area contributed by atoms with Crippen molar-refractivity contribution < 1.29 is 18.3 Å². The third-order valence-electron chi connectivity index (χ3n) is 4.61. The van der Waals surface area contributed by atoms with E-state index in [1.54, 1.807) is 0 Å². The van der Waals surface area contributed by atoms with Crippen molar-refractivity contribution in [1.29, 1.82) is 5.16 Å². The maximum atomic E-state index is 11.8. The molecule has 0 saturated carbocycles. The molecule has 9 heteroatoms. The van der Waals surface area contributed by atoms with Crippen LogP contribution in [-0.4, -0.2) is 37.6 Å². The zero-order chi connectivity index (χ0) is 17.1. The summed E-state index contributed by atoms with van der Waals surface area (Å²) < 4.78 is 23.4. The molecule has 1 fully saturated rings. The van der Waals surface area contributed by atoms with Gasteiger partial charge in [0.2, 0.25) is 0 Å². The van der Waals surface area contributed by atoms with Gasteiger partial charge in [0.15, 0.2) is 14.4 Å². The zero-order valence-corrected chi connectivity index (χ0v) is 16.9. The number of carbonyl (C=O) groups excluding carboxylic acids is 1. The van der Waals surface area contributed by atoms with Crippen LogP contribution < -0.4 is 0 Å². The van der Waals surface area contributed by atoms with Crippen molar-refractivity contribution in [3.8, 4) is 0 Å². The van der Waals surface area contributed by atoms with Gasteiger partial charge in [0.05, 0.1) is 6.61 Å². The van der Waals surface area contributed by atoms with E-state index in [-0.39, 0.29) is 20.5 Å². The maximum Gasteiger partial charge on any atom is 0.328 e. The van der Waals surface area contributed by atoms with Crippen LogP contribution in [0.1, 0.15) is 41.5 Å². The van der Waals surface area contributed by atoms with Gasteiger partial charge in [-0.2, -0.15) is 0 Å². The molecular weight excluding hydrogens is 338 g/mol. The summed E-state index contributed by atoms with van der Waals surface area (Å²) in [6, 6.07) is -0.323. The first kappa shape index (κ1) is 19.9. The first-order valence-corrected chi connectivity index (χ1v) is 11.3. The lowest BCUT2D eigenvalue weighted by molar-refractivity contribution is -0.153. The molecule has 0 aliphatic carbocycles. The van der Waals surface area contributed by atoms with E-state index in [1.165, 1.54) is 4.67 Å². The minimum absolute atomic E-state index is 0.124. The Hall–Kier alpha value is -0.193. The lowest BCUT2D eigenvalue weighted by Crippen LogP contribution is -2.64. The lowest BCUT2D eigenvalue weighted by Gasteiger charge is -2.47. The van der Waals surface area contributed by atoms with E-state index in [4.69, 9.17) is 14.1 Å². The molecule has 1 saturated heterocycles. The number of nitrogens with zero attached hydrogens (tertiary/aromatic N) is 1. The largest absolute Gasteiger partial charge is 0.414 e. The highest BCUT2D eigenvalue weighted by Gasteiger charge is 2.52. The second kappa shape index (κ2) is 8.07. The first-order chi connectivity index (χ1) is 10.2. The van der Waals surface area contributed by atoms with Gasteiger partial charge in [0.1, 0.15) is 14.6 Å². The van der Waals surface area contributed by atoms with E-state index in [9.17, 15) is 9.36 Å². The van der Waals surface area contributed by atoms with E-state index in [1.807, 2.05) is 0 Å². The van der Waals surface area contributed by atoms with Gasteiger partial charge in [-0.3, -0.25) is 19.2 Å². The fraction of sp³-hybridized carbons (Fsp3) is 0.923. The predicted octanol–water partition coefficient (Wildman–Crippen LogP) is 4.60. The Labute approximate surface area is 137 Å². The molecule has 1 amide bonds. The molecule has 126 valence electrons. The average molecular weight is 364 g/mol. The number of amides is 1. The Kier molecular flexibility index (Phi) is 7.28. The lowest BCUT2D eigenvalue weighted by atomic mass is 10.0. The molecule has 0 unspecified atom stereocenters. The van der Waals surface area contributed by atoms with Crippen LogP contribution in [0.25, 0.3) is 0 Å². The van der Waals surface area contributed by atoms with Crippen molar-refractivity contribution in [1.82, 2.24) is 4.67 Å². The standard InChI is InChI=1S/C13H26N2O4P2Si/c1-8(2)22(9(3)4,10(5)6)18-7-11-12(19-21-17)13(16)15(11)20-14/h8-12,14H,7H2,1-6H3/t11-,12+/m0/s1. The van der Waals surface area contributed by atoms with E-state index in [0.29, 0.717) is 23.2 Å². The van der Waals surface area contributed by atoms with Crippen LogP contribution in [0.15, 0.2) is 0 Å². The smallest absolute Gasteiger partial charge is 0.328 e. The normalized spacial score (nSPS) is 23.1. The third-order valence-corrected chi connectivity index (χ3v) is 11.7. The number of hydrogen-bond donors (Lipinski definition) is 1. The second-order valence-electron chi connectivity index (χ2n) is 6.58. The van der Waals surface area contributed by atoms with Crippen LogP contribution in [0.4, 0.5) is 0 Å². The van der Waals surface area contributed by atoms with Crippen molar-refractivity contribution in [2.24, 2.45) is 0 Å². The molecule has 1 rings (SSSR count). The Bertz CT molecular complexity index is 412. The molecule has 0 spiro atoms. The van der Waals surface area contributed by atoms with Gasteiger partial charge >= 0.3 is 8.69 Å².